The van der Waals surface area contributed by atoms with Crippen LogP contribution in [0.2, 0.25) is 0 Å². The molecule has 1 aromatic heterocycles. The Morgan fingerprint density at radius 2 is 2.31 bits per heavy atom. The van der Waals surface area contributed by atoms with Gasteiger partial charge in [0.15, 0.2) is 0 Å². The Hall–Kier alpha value is -0.870. The number of likely N-dealkylation sites (tertiary alicyclic amines) is 1. The highest BCUT2D eigenvalue weighted by Crippen LogP contribution is 2.14. The Morgan fingerprint density at radius 3 is 2.88 bits per heavy atom. The lowest BCUT2D eigenvalue weighted by Crippen LogP contribution is -2.35. The van der Waals surface area contributed by atoms with Crippen LogP contribution in [0.5, 0.6) is 0 Å². The number of aryl methyl sites for hydroxylation is 2. The Bertz CT molecular complexity index is 329. The van der Waals surface area contributed by atoms with Gasteiger partial charge in [-0.25, -0.2) is 4.98 Å². The van der Waals surface area contributed by atoms with Gasteiger partial charge in [-0.05, 0) is 40.3 Å². The van der Waals surface area contributed by atoms with Gasteiger partial charge in [-0.2, -0.15) is 0 Å². The molecular formula is C12H21N3O. The highest BCUT2D eigenvalue weighted by Gasteiger charge is 2.20. The van der Waals surface area contributed by atoms with Crippen LogP contribution in [-0.4, -0.2) is 36.1 Å². The predicted molar refractivity (Wildman–Crippen MR) is 63.3 cm³/mol. The molecule has 1 atom stereocenters. The number of hydrogen-bond acceptors (Lipinski definition) is 4. The van der Waals surface area contributed by atoms with Crippen LogP contribution in [-0.2, 0) is 6.54 Å². The molecule has 0 amide bonds. The van der Waals surface area contributed by atoms with E-state index in [4.69, 9.17) is 4.42 Å². The smallest absolute Gasteiger partial charge is 0.208 e. The lowest BCUT2D eigenvalue weighted by Gasteiger charge is -2.19. The minimum absolute atomic E-state index is 0.678. The molecule has 1 N–H and O–H groups in total. The molecule has 0 aromatic carbocycles. The van der Waals surface area contributed by atoms with Gasteiger partial charge in [-0.1, -0.05) is 0 Å². The topological polar surface area (TPSA) is 41.3 Å². The van der Waals surface area contributed by atoms with Crippen LogP contribution in [0.1, 0.15) is 30.2 Å². The van der Waals surface area contributed by atoms with Crippen molar-refractivity contribution in [3.63, 3.8) is 0 Å². The second-order valence-corrected chi connectivity index (χ2v) is 4.66. The number of rotatable bonds is 4. The first-order chi connectivity index (χ1) is 7.66. The predicted octanol–water partition coefficient (Wildman–Crippen LogP) is 1.48. The summed E-state index contributed by atoms with van der Waals surface area (Å²) >= 11 is 0. The molecule has 4 heteroatoms. The van der Waals surface area contributed by atoms with Crippen molar-refractivity contribution in [3.05, 3.63) is 17.3 Å². The van der Waals surface area contributed by atoms with Crippen molar-refractivity contribution in [1.29, 1.82) is 0 Å². The molecule has 0 aliphatic carbocycles. The quantitative estimate of drug-likeness (QED) is 0.839. The zero-order valence-electron chi connectivity index (χ0n) is 10.4. The van der Waals surface area contributed by atoms with Crippen LogP contribution in [0.4, 0.5) is 0 Å². The fourth-order valence-electron chi connectivity index (χ4n) is 2.20. The summed E-state index contributed by atoms with van der Waals surface area (Å²) in [6.07, 6.45) is 2.62. The van der Waals surface area contributed by atoms with Crippen molar-refractivity contribution in [1.82, 2.24) is 15.2 Å². The first kappa shape index (κ1) is 11.6. The molecule has 16 heavy (non-hydrogen) atoms. The van der Waals surface area contributed by atoms with Gasteiger partial charge in [0.1, 0.15) is 5.76 Å². The monoisotopic (exact) mass is 223 g/mol. The Labute approximate surface area is 97.0 Å². The van der Waals surface area contributed by atoms with E-state index in [1.807, 2.05) is 13.8 Å². The normalized spacial score (nSPS) is 21.8. The standard InChI is InChI=1S/C12H21N3O/c1-9-10(2)16-12(14-9)8-13-7-11-5-4-6-15(11)3/h11,13H,4-8H2,1-3H3. The zero-order chi connectivity index (χ0) is 11.5. The maximum absolute atomic E-state index is 5.52. The lowest BCUT2D eigenvalue weighted by molar-refractivity contribution is 0.296. The van der Waals surface area contributed by atoms with E-state index in [0.29, 0.717) is 6.04 Å². The van der Waals surface area contributed by atoms with E-state index in [0.717, 1.165) is 30.4 Å². The molecule has 2 heterocycles. The molecule has 90 valence electrons. The first-order valence-corrected chi connectivity index (χ1v) is 6.00. The largest absolute Gasteiger partial charge is 0.444 e. The number of hydrogen-bond donors (Lipinski definition) is 1. The molecule has 0 spiro atoms. The number of nitrogens with zero attached hydrogens (tertiary/aromatic N) is 2. The molecule has 0 radical (unpaired) electrons. The van der Waals surface area contributed by atoms with E-state index in [1.54, 1.807) is 0 Å². The molecule has 1 fully saturated rings. The van der Waals surface area contributed by atoms with Crippen LogP contribution in [0, 0.1) is 13.8 Å². The van der Waals surface area contributed by atoms with Crippen molar-refractivity contribution in [3.8, 4) is 0 Å². The summed E-state index contributed by atoms with van der Waals surface area (Å²) in [7, 11) is 2.19. The van der Waals surface area contributed by atoms with Gasteiger partial charge in [0, 0.05) is 12.6 Å². The van der Waals surface area contributed by atoms with Crippen molar-refractivity contribution in [2.24, 2.45) is 0 Å². The summed E-state index contributed by atoms with van der Waals surface area (Å²) in [5.74, 6) is 1.73. The summed E-state index contributed by atoms with van der Waals surface area (Å²) in [4.78, 5) is 6.77. The maximum atomic E-state index is 5.52. The van der Waals surface area contributed by atoms with E-state index in [1.165, 1.54) is 19.4 Å². The third kappa shape index (κ3) is 2.62. The Balaban J connectivity index is 1.75. The number of aromatic nitrogens is 1. The van der Waals surface area contributed by atoms with Gasteiger partial charge in [0.05, 0.1) is 12.2 Å². The van der Waals surface area contributed by atoms with Crippen LogP contribution in [0.3, 0.4) is 0 Å². The number of likely N-dealkylation sites (N-methyl/N-ethyl adjacent to an activating group) is 1. The van der Waals surface area contributed by atoms with Crippen LogP contribution < -0.4 is 5.32 Å². The average Bonchev–Trinajstić information content (AvgIpc) is 2.76. The van der Waals surface area contributed by atoms with Gasteiger partial charge in [-0.15, -0.1) is 0 Å². The minimum Gasteiger partial charge on any atom is -0.444 e. The Morgan fingerprint density at radius 1 is 1.50 bits per heavy atom. The van der Waals surface area contributed by atoms with E-state index in [2.05, 4.69) is 22.2 Å². The zero-order valence-corrected chi connectivity index (χ0v) is 10.4. The fraction of sp³-hybridized carbons (Fsp3) is 0.750. The number of nitrogens with one attached hydrogen (secondary N) is 1. The molecule has 1 unspecified atom stereocenters. The Kier molecular flexibility index (Phi) is 3.61. The van der Waals surface area contributed by atoms with E-state index >= 15 is 0 Å². The summed E-state index contributed by atoms with van der Waals surface area (Å²) < 4.78 is 5.52. The van der Waals surface area contributed by atoms with Crippen LogP contribution >= 0.6 is 0 Å². The van der Waals surface area contributed by atoms with Gasteiger partial charge in [0.2, 0.25) is 5.89 Å². The fourth-order valence-corrected chi connectivity index (χ4v) is 2.20. The molecular weight excluding hydrogens is 202 g/mol. The third-order valence-electron chi connectivity index (χ3n) is 3.40. The van der Waals surface area contributed by atoms with Gasteiger partial charge in [-0.3, -0.25) is 0 Å². The minimum atomic E-state index is 0.678. The van der Waals surface area contributed by atoms with Crippen molar-refractivity contribution < 1.29 is 4.42 Å². The first-order valence-electron chi connectivity index (χ1n) is 6.00. The molecule has 4 nitrogen and oxygen atoms in total. The number of oxazole rings is 1. The third-order valence-corrected chi connectivity index (χ3v) is 3.40. The SMILES string of the molecule is Cc1nc(CNCC2CCCN2C)oc1C. The maximum Gasteiger partial charge on any atom is 0.208 e. The molecule has 1 aliphatic rings. The molecule has 0 bridgehead atoms. The summed E-state index contributed by atoms with van der Waals surface area (Å²) in [6, 6.07) is 0.678. The van der Waals surface area contributed by atoms with Crippen LogP contribution in [0.25, 0.3) is 0 Å². The highest BCUT2D eigenvalue weighted by atomic mass is 16.4. The summed E-state index contributed by atoms with van der Waals surface area (Å²) in [5, 5.41) is 3.42. The molecule has 1 saturated heterocycles. The second kappa shape index (κ2) is 4.97. The van der Waals surface area contributed by atoms with E-state index in [9.17, 15) is 0 Å². The summed E-state index contributed by atoms with van der Waals surface area (Å²) in [6.45, 7) is 6.92. The molecule has 2 rings (SSSR count). The summed E-state index contributed by atoms with van der Waals surface area (Å²) in [5.41, 5.74) is 0.995. The van der Waals surface area contributed by atoms with Crippen LogP contribution in [0.15, 0.2) is 4.42 Å². The lowest BCUT2D eigenvalue weighted by atomic mass is 10.2. The van der Waals surface area contributed by atoms with Gasteiger partial charge >= 0.3 is 0 Å². The van der Waals surface area contributed by atoms with Crippen molar-refractivity contribution in [2.75, 3.05) is 20.1 Å². The van der Waals surface area contributed by atoms with Crippen molar-refractivity contribution in [2.45, 2.75) is 39.3 Å². The van der Waals surface area contributed by atoms with Crippen molar-refractivity contribution >= 4 is 0 Å². The van der Waals surface area contributed by atoms with Gasteiger partial charge in [0.25, 0.3) is 0 Å². The van der Waals surface area contributed by atoms with E-state index in [-0.39, 0.29) is 0 Å². The average molecular weight is 223 g/mol. The molecule has 0 saturated carbocycles. The second-order valence-electron chi connectivity index (χ2n) is 4.66. The van der Waals surface area contributed by atoms with E-state index < -0.39 is 0 Å². The molecule has 1 aliphatic heterocycles. The molecule has 1 aromatic rings. The van der Waals surface area contributed by atoms with Gasteiger partial charge < -0.3 is 14.6 Å². The highest BCUT2D eigenvalue weighted by molar-refractivity contribution is 5.05.